The molecule has 0 heterocycles. The van der Waals surface area contributed by atoms with Crippen molar-refractivity contribution < 1.29 is 0 Å². The third-order valence-electron chi connectivity index (χ3n) is 4.78. The van der Waals surface area contributed by atoms with Crippen LogP contribution < -0.4 is 5.32 Å². The molecule has 3 rings (SSSR count). The predicted molar refractivity (Wildman–Crippen MR) is 79.9 cm³/mol. The second kappa shape index (κ2) is 4.97. The van der Waals surface area contributed by atoms with Crippen molar-refractivity contribution in [3.63, 3.8) is 0 Å². The highest BCUT2D eigenvalue weighted by atomic mass is 79.9. The summed E-state index contributed by atoms with van der Waals surface area (Å²) in [6, 6.07) is 6.84. The van der Waals surface area contributed by atoms with Crippen LogP contribution in [-0.4, -0.2) is 13.1 Å². The normalized spacial score (nSPS) is 29.3. The Kier molecular flexibility index (Phi) is 3.50. The van der Waals surface area contributed by atoms with Gasteiger partial charge in [-0.2, -0.15) is 0 Å². The molecule has 0 aliphatic heterocycles. The van der Waals surface area contributed by atoms with Crippen molar-refractivity contribution in [1.29, 1.82) is 0 Å². The van der Waals surface area contributed by atoms with Crippen LogP contribution >= 0.6 is 15.9 Å². The fraction of sp³-hybridized carbons (Fsp3) is 0.625. The summed E-state index contributed by atoms with van der Waals surface area (Å²) in [6.07, 6.45) is 6.68. The molecule has 0 radical (unpaired) electrons. The van der Waals surface area contributed by atoms with E-state index in [1.165, 1.54) is 49.7 Å². The zero-order chi connectivity index (χ0) is 12.6. The van der Waals surface area contributed by atoms with E-state index in [0.717, 1.165) is 5.92 Å². The van der Waals surface area contributed by atoms with Gasteiger partial charge in [-0.05, 0) is 79.8 Å². The minimum atomic E-state index is 0.654. The lowest BCUT2D eigenvalue weighted by atomic mass is 9.80. The lowest BCUT2D eigenvalue weighted by Crippen LogP contribution is -2.24. The topological polar surface area (TPSA) is 12.0 Å². The lowest BCUT2D eigenvalue weighted by Gasteiger charge is -2.26. The molecule has 1 fully saturated rings. The lowest BCUT2D eigenvalue weighted by molar-refractivity contribution is 0.384. The van der Waals surface area contributed by atoms with E-state index in [1.807, 2.05) is 0 Å². The summed E-state index contributed by atoms with van der Waals surface area (Å²) in [7, 11) is 0. The van der Waals surface area contributed by atoms with Crippen molar-refractivity contribution >= 4 is 15.9 Å². The minimum Gasteiger partial charge on any atom is -0.316 e. The number of hydrogen-bond acceptors (Lipinski definition) is 1. The maximum Gasteiger partial charge on any atom is 0.0178 e. The average molecular weight is 308 g/mol. The molecule has 18 heavy (non-hydrogen) atoms. The van der Waals surface area contributed by atoms with E-state index in [1.54, 1.807) is 11.1 Å². The van der Waals surface area contributed by atoms with Gasteiger partial charge in [-0.1, -0.05) is 28.9 Å². The molecule has 1 spiro atoms. The van der Waals surface area contributed by atoms with E-state index in [9.17, 15) is 0 Å². The first-order chi connectivity index (χ1) is 8.73. The van der Waals surface area contributed by atoms with Crippen LogP contribution in [0.5, 0.6) is 0 Å². The van der Waals surface area contributed by atoms with Gasteiger partial charge >= 0.3 is 0 Å². The van der Waals surface area contributed by atoms with Crippen LogP contribution in [0.3, 0.4) is 0 Å². The first kappa shape index (κ1) is 12.7. The Balaban J connectivity index is 1.64. The Labute approximate surface area is 118 Å². The van der Waals surface area contributed by atoms with Crippen molar-refractivity contribution in [2.75, 3.05) is 13.1 Å². The minimum absolute atomic E-state index is 0.654. The van der Waals surface area contributed by atoms with Gasteiger partial charge in [-0.15, -0.1) is 0 Å². The molecule has 0 aromatic heterocycles. The molecule has 98 valence electrons. The maximum atomic E-state index is 3.59. The van der Waals surface area contributed by atoms with Crippen LogP contribution in [0.1, 0.15) is 37.3 Å². The van der Waals surface area contributed by atoms with Crippen LogP contribution in [0.15, 0.2) is 22.7 Å². The quantitative estimate of drug-likeness (QED) is 0.831. The van der Waals surface area contributed by atoms with Gasteiger partial charge in [0.1, 0.15) is 0 Å². The van der Waals surface area contributed by atoms with Gasteiger partial charge in [-0.3, -0.25) is 0 Å². The fourth-order valence-corrected chi connectivity index (χ4v) is 3.96. The Bertz CT molecular complexity index is 443. The summed E-state index contributed by atoms with van der Waals surface area (Å²) in [4.78, 5) is 0. The summed E-state index contributed by atoms with van der Waals surface area (Å²) >= 11 is 3.58. The van der Waals surface area contributed by atoms with Crippen molar-refractivity contribution in [2.45, 2.75) is 39.0 Å². The number of fused-ring (bicyclic) bond motifs is 1. The molecule has 1 aromatic rings. The zero-order valence-electron chi connectivity index (χ0n) is 11.1. The number of halogens is 1. The highest BCUT2D eigenvalue weighted by Gasteiger charge is 2.53. The Morgan fingerprint density at radius 3 is 3.11 bits per heavy atom. The van der Waals surface area contributed by atoms with Gasteiger partial charge in [0.05, 0.1) is 0 Å². The standard InChI is InChI=1S/C16H22BrN/c1-2-7-18-11-14-10-16(14)6-5-12-8-15(17)4-3-13(12)9-16/h3-4,8,14,18H,2,5-7,9-11H2,1H3. The molecular weight excluding hydrogens is 286 g/mol. The first-order valence-electron chi connectivity index (χ1n) is 7.21. The van der Waals surface area contributed by atoms with Crippen molar-refractivity contribution in [3.05, 3.63) is 33.8 Å². The van der Waals surface area contributed by atoms with Crippen LogP contribution in [0, 0.1) is 11.3 Å². The molecule has 0 saturated heterocycles. The van der Waals surface area contributed by atoms with Crippen molar-refractivity contribution in [3.8, 4) is 0 Å². The van der Waals surface area contributed by atoms with Gasteiger partial charge in [0.15, 0.2) is 0 Å². The largest absolute Gasteiger partial charge is 0.316 e. The SMILES string of the molecule is CCCNCC1CC12CCc1cc(Br)ccc1C2. The fourth-order valence-electron chi connectivity index (χ4n) is 3.55. The van der Waals surface area contributed by atoms with Crippen LogP contribution in [0.25, 0.3) is 0 Å². The summed E-state index contributed by atoms with van der Waals surface area (Å²) < 4.78 is 1.23. The highest BCUT2D eigenvalue weighted by molar-refractivity contribution is 9.10. The number of rotatable bonds is 4. The van der Waals surface area contributed by atoms with Gasteiger partial charge in [0.2, 0.25) is 0 Å². The molecule has 2 heteroatoms. The second-order valence-electron chi connectivity index (χ2n) is 6.06. The Morgan fingerprint density at radius 1 is 1.39 bits per heavy atom. The molecule has 2 aliphatic carbocycles. The molecule has 1 nitrogen and oxygen atoms in total. The van der Waals surface area contributed by atoms with E-state index in [0.29, 0.717) is 5.41 Å². The van der Waals surface area contributed by atoms with E-state index in [4.69, 9.17) is 0 Å². The number of benzene rings is 1. The third-order valence-corrected chi connectivity index (χ3v) is 5.27. The van der Waals surface area contributed by atoms with Gasteiger partial charge < -0.3 is 5.32 Å². The van der Waals surface area contributed by atoms with Gasteiger partial charge in [-0.25, -0.2) is 0 Å². The molecule has 0 bridgehead atoms. The number of aryl methyl sites for hydroxylation is 1. The van der Waals surface area contributed by atoms with Gasteiger partial charge in [0, 0.05) is 4.47 Å². The van der Waals surface area contributed by atoms with E-state index in [-0.39, 0.29) is 0 Å². The average Bonchev–Trinajstić information content (AvgIpc) is 3.03. The molecule has 1 saturated carbocycles. The first-order valence-corrected chi connectivity index (χ1v) is 8.01. The van der Waals surface area contributed by atoms with Gasteiger partial charge in [0.25, 0.3) is 0 Å². The molecule has 1 aromatic carbocycles. The molecule has 2 unspecified atom stereocenters. The van der Waals surface area contributed by atoms with E-state index >= 15 is 0 Å². The van der Waals surface area contributed by atoms with Crippen LogP contribution in [0.4, 0.5) is 0 Å². The highest BCUT2D eigenvalue weighted by Crippen LogP contribution is 2.59. The smallest absolute Gasteiger partial charge is 0.0178 e. The molecule has 0 amide bonds. The van der Waals surface area contributed by atoms with E-state index < -0.39 is 0 Å². The molecule has 2 aliphatic rings. The summed E-state index contributed by atoms with van der Waals surface area (Å²) in [5.41, 5.74) is 3.83. The summed E-state index contributed by atoms with van der Waals surface area (Å²) in [5.74, 6) is 0.931. The molecule has 1 N–H and O–H groups in total. The van der Waals surface area contributed by atoms with Crippen LogP contribution in [-0.2, 0) is 12.8 Å². The van der Waals surface area contributed by atoms with Crippen molar-refractivity contribution in [2.24, 2.45) is 11.3 Å². The third kappa shape index (κ3) is 2.37. The summed E-state index contributed by atoms with van der Waals surface area (Å²) in [6.45, 7) is 4.65. The number of hydrogen-bond donors (Lipinski definition) is 1. The molecular formula is C16H22BrN. The predicted octanol–water partition coefficient (Wildman–Crippen LogP) is 3.94. The van der Waals surface area contributed by atoms with Crippen LogP contribution in [0.2, 0.25) is 0 Å². The monoisotopic (exact) mass is 307 g/mol. The molecule has 2 atom stereocenters. The Morgan fingerprint density at radius 2 is 2.28 bits per heavy atom. The summed E-state index contributed by atoms with van der Waals surface area (Å²) in [5, 5.41) is 3.59. The zero-order valence-corrected chi connectivity index (χ0v) is 12.7. The maximum absolute atomic E-state index is 3.59. The van der Waals surface area contributed by atoms with E-state index in [2.05, 4.69) is 46.4 Å². The second-order valence-corrected chi connectivity index (χ2v) is 6.97. The Hall–Kier alpha value is -0.340. The van der Waals surface area contributed by atoms with Crippen molar-refractivity contribution in [1.82, 2.24) is 5.32 Å². The number of nitrogens with one attached hydrogen (secondary N) is 1.